The van der Waals surface area contributed by atoms with Crippen molar-refractivity contribution in [3.8, 4) is 6.07 Å². The van der Waals surface area contributed by atoms with Crippen molar-refractivity contribution < 1.29 is 27.1 Å². The predicted molar refractivity (Wildman–Crippen MR) is 95.6 cm³/mol. The van der Waals surface area contributed by atoms with Crippen molar-refractivity contribution in [3.63, 3.8) is 0 Å². The normalized spacial score (nSPS) is 10.7. The number of carbonyl (C=O) groups is 2. The van der Waals surface area contributed by atoms with Crippen LogP contribution in [0.4, 0.5) is 4.39 Å². The number of amides is 1. The fourth-order valence-electron chi connectivity index (χ4n) is 2.11. The van der Waals surface area contributed by atoms with Crippen molar-refractivity contribution in [1.29, 1.82) is 5.26 Å². The minimum Gasteiger partial charge on any atom is -0.455 e. The van der Waals surface area contributed by atoms with Gasteiger partial charge in [0.05, 0.1) is 10.5 Å². The highest BCUT2D eigenvalue weighted by atomic mass is 32.2. The van der Waals surface area contributed by atoms with Crippen molar-refractivity contribution in [2.24, 2.45) is 0 Å². The minimum absolute atomic E-state index is 0.0733. The maximum absolute atomic E-state index is 13.4. The van der Waals surface area contributed by atoms with E-state index in [1.807, 2.05) is 4.72 Å². The van der Waals surface area contributed by atoms with Gasteiger partial charge in [-0.05, 0) is 18.2 Å². The molecule has 0 aliphatic rings. The molecule has 2 aromatic carbocycles. The molecule has 0 atom stereocenters. The van der Waals surface area contributed by atoms with E-state index in [9.17, 15) is 22.4 Å². The number of rotatable bonds is 8. The summed E-state index contributed by atoms with van der Waals surface area (Å²) >= 11 is 0. The van der Waals surface area contributed by atoms with Crippen LogP contribution < -0.4 is 10.0 Å². The number of sulfonamides is 1. The molecular weight excluding hydrogens is 389 g/mol. The first-order chi connectivity index (χ1) is 13.3. The number of nitriles is 1. The number of esters is 1. The van der Waals surface area contributed by atoms with Gasteiger partial charge in [0.15, 0.2) is 6.61 Å². The van der Waals surface area contributed by atoms with Crippen LogP contribution in [0.15, 0.2) is 53.4 Å². The second-order valence-corrected chi connectivity index (χ2v) is 7.20. The molecule has 146 valence electrons. The minimum atomic E-state index is -4.10. The molecule has 0 aliphatic carbocycles. The van der Waals surface area contributed by atoms with Gasteiger partial charge in [-0.1, -0.05) is 30.3 Å². The fraction of sp³-hybridized carbons (Fsp3) is 0.167. The Morgan fingerprint density at radius 1 is 1.11 bits per heavy atom. The molecule has 0 saturated heterocycles. The van der Waals surface area contributed by atoms with E-state index in [2.05, 4.69) is 10.1 Å². The van der Waals surface area contributed by atoms with Crippen LogP contribution in [0.1, 0.15) is 11.1 Å². The summed E-state index contributed by atoms with van der Waals surface area (Å²) in [6, 6.07) is 13.1. The molecule has 0 fully saturated rings. The van der Waals surface area contributed by atoms with E-state index in [1.54, 1.807) is 12.1 Å². The molecule has 0 radical (unpaired) electrons. The van der Waals surface area contributed by atoms with Crippen molar-refractivity contribution in [2.45, 2.75) is 11.4 Å². The Morgan fingerprint density at radius 3 is 2.50 bits per heavy atom. The van der Waals surface area contributed by atoms with Crippen molar-refractivity contribution in [2.75, 3.05) is 13.2 Å². The third kappa shape index (κ3) is 5.87. The van der Waals surface area contributed by atoms with E-state index >= 15 is 0 Å². The van der Waals surface area contributed by atoms with Gasteiger partial charge in [0.2, 0.25) is 10.0 Å². The molecule has 0 saturated carbocycles. The van der Waals surface area contributed by atoms with Crippen molar-refractivity contribution >= 4 is 21.9 Å². The number of carbonyl (C=O) groups excluding carboxylic acids is 2. The lowest BCUT2D eigenvalue weighted by Crippen LogP contribution is -2.34. The molecule has 8 nitrogen and oxygen atoms in total. The van der Waals surface area contributed by atoms with E-state index in [1.165, 1.54) is 42.5 Å². The summed E-state index contributed by atoms with van der Waals surface area (Å²) in [5.74, 6) is -2.14. The Kier molecular flexibility index (Phi) is 7.20. The molecule has 0 aliphatic heterocycles. The molecule has 0 heterocycles. The number of hydrogen-bond donors (Lipinski definition) is 2. The molecule has 2 rings (SSSR count). The van der Waals surface area contributed by atoms with E-state index < -0.39 is 40.9 Å². The van der Waals surface area contributed by atoms with Gasteiger partial charge in [-0.2, -0.15) is 9.98 Å². The maximum Gasteiger partial charge on any atom is 0.321 e. The Balaban J connectivity index is 1.80. The molecule has 0 bridgehead atoms. The fourth-order valence-corrected chi connectivity index (χ4v) is 3.23. The van der Waals surface area contributed by atoms with E-state index in [4.69, 9.17) is 5.26 Å². The highest BCUT2D eigenvalue weighted by Crippen LogP contribution is 2.13. The zero-order valence-corrected chi connectivity index (χ0v) is 15.3. The molecule has 2 N–H and O–H groups in total. The summed E-state index contributed by atoms with van der Waals surface area (Å²) in [5, 5.41) is 11.3. The van der Waals surface area contributed by atoms with Crippen LogP contribution in [-0.4, -0.2) is 33.4 Å². The van der Waals surface area contributed by atoms with Gasteiger partial charge in [0.25, 0.3) is 5.91 Å². The molecule has 0 unspecified atom stereocenters. The standard InChI is InChI=1S/C18H16FN3O5S/c19-15-7-3-1-6-14(15)10-21-17(23)12-27-18(24)11-22-28(25,26)16-8-4-2-5-13(16)9-20/h1-8,22H,10-12H2,(H,21,23). The molecule has 0 aromatic heterocycles. The van der Waals surface area contributed by atoms with Gasteiger partial charge in [-0.25, -0.2) is 12.8 Å². The zero-order chi connectivity index (χ0) is 20.6. The molecule has 2 aromatic rings. The van der Waals surface area contributed by atoms with Crippen LogP contribution in [0.25, 0.3) is 0 Å². The average Bonchev–Trinajstić information content (AvgIpc) is 2.70. The number of ether oxygens (including phenoxy) is 1. The van der Waals surface area contributed by atoms with Gasteiger partial charge >= 0.3 is 5.97 Å². The van der Waals surface area contributed by atoms with Gasteiger partial charge in [-0.15, -0.1) is 0 Å². The van der Waals surface area contributed by atoms with Crippen molar-refractivity contribution in [3.05, 3.63) is 65.5 Å². The quantitative estimate of drug-likeness (QED) is 0.627. The lowest BCUT2D eigenvalue weighted by atomic mass is 10.2. The zero-order valence-electron chi connectivity index (χ0n) is 14.5. The third-order valence-electron chi connectivity index (χ3n) is 3.50. The Bertz CT molecular complexity index is 1020. The van der Waals surface area contributed by atoms with E-state index in [0.29, 0.717) is 0 Å². The first-order valence-corrected chi connectivity index (χ1v) is 9.46. The van der Waals surface area contributed by atoms with Crippen LogP contribution >= 0.6 is 0 Å². The second-order valence-electron chi connectivity index (χ2n) is 5.46. The number of benzene rings is 2. The lowest BCUT2D eigenvalue weighted by molar-refractivity contribution is -0.147. The lowest BCUT2D eigenvalue weighted by Gasteiger charge is -2.09. The van der Waals surface area contributed by atoms with Crippen LogP contribution in [0, 0.1) is 17.1 Å². The first-order valence-electron chi connectivity index (χ1n) is 7.98. The Labute approximate surface area is 161 Å². The van der Waals surface area contributed by atoms with Crippen LogP contribution in [0.5, 0.6) is 0 Å². The Morgan fingerprint density at radius 2 is 1.79 bits per heavy atom. The average molecular weight is 405 g/mol. The number of hydrogen-bond acceptors (Lipinski definition) is 6. The smallest absolute Gasteiger partial charge is 0.321 e. The molecular formula is C18H16FN3O5S. The molecule has 1 amide bonds. The summed E-state index contributed by atoms with van der Waals surface area (Å²) in [7, 11) is -4.10. The van der Waals surface area contributed by atoms with Crippen molar-refractivity contribution in [1.82, 2.24) is 10.0 Å². The van der Waals surface area contributed by atoms with Gasteiger partial charge in [0.1, 0.15) is 18.4 Å². The first kappa shape index (κ1) is 21.0. The SMILES string of the molecule is N#Cc1ccccc1S(=O)(=O)NCC(=O)OCC(=O)NCc1ccccc1F. The summed E-state index contributed by atoms with van der Waals surface area (Å²) < 4.78 is 44.4. The van der Waals surface area contributed by atoms with Crippen LogP contribution in [0.3, 0.4) is 0 Å². The predicted octanol–water partition coefficient (Wildman–Crippen LogP) is 0.835. The van der Waals surface area contributed by atoms with Gasteiger partial charge < -0.3 is 10.1 Å². The van der Waals surface area contributed by atoms with E-state index in [-0.39, 0.29) is 22.6 Å². The number of halogens is 1. The highest BCUT2D eigenvalue weighted by Gasteiger charge is 2.19. The van der Waals surface area contributed by atoms with E-state index in [0.717, 1.165) is 0 Å². The second kappa shape index (κ2) is 9.59. The molecule has 10 heteroatoms. The van der Waals surface area contributed by atoms with Crippen LogP contribution in [0.2, 0.25) is 0 Å². The number of nitrogens with zero attached hydrogens (tertiary/aromatic N) is 1. The van der Waals surface area contributed by atoms with Gasteiger partial charge in [-0.3, -0.25) is 9.59 Å². The summed E-state index contributed by atoms with van der Waals surface area (Å²) in [6.07, 6.45) is 0. The maximum atomic E-state index is 13.4. The largest absolute Gasteiger partial charge is 0.455 e. The topological polar surface area (TPSA) is 125 Å². The molecule has 0 spiro atoms. The highest BCUT2D eigenvalue weighted by molar-refractivity contribution is 7.89. The molecule has 28 heavy (non-hydrogen) atoms. The number of nitrogens with one attached hydrogen (secondary N) is 2. The third-order valence-corrected chi connectivity index (χ3v) is 4.96. The van der Waals surface area contributed by atoms with Crippen LogP contribution in [-0.2, 0) is 30.9 Å². The summed E-state index contributed by atoms with van der Waals surface area (Å²) in [4.78, 5) is 23.0. The van der Waals surface area contributed by atoms with Gasteiger partial charge in [0, 0.05) is 12.1 Å². The Hall–Kier alpha value is -3.29. The summed E-state index contributed by atoms with van der Waals surface area (Å²) in [5.41, 5.74) is 0.196. The summed E-state index contributed by atoms with van der Waals surface area (Å²) in [6.45, 7) is -1.45. The monoisotopic (exact) mass is 405 g/mol.